The lowest BCUT2D eigenvalue weighted by Crippen LogP contribution is -2.22. The quantitative estimate of drug-likeness (QED) is 0.836. The Morgan fingerprint density at radius 1 is 1.44 bits per heavy atom. The first-order valence-electron chi connectivity index (χ1n) is 5.90. The molecule has 0 fully saturated rings. The number of hydrogen-bond donors (Lipinski definition) is 1. The van der Waals surface area contributed by atoms with Gasteiger partial charge in [-0.3, -0.25) is 0 Å². The molecule has 0 unspecified atom stereocenters. The van der Waals surface area contributed by atoms with Gasteiger partial charge in [-0.2, -0.15) is 0 Å². The molecule has 0 aliphatic carbocycles. The van der Waals surface area contributed by atoms with Crippen molar-refractivity contribution in [3.8, 4) is 11.5 Å². The van der Waals surface area contributed by atoms with Crippen molar-refractivity contribution in [3.05, 3.63) is 34.8 Å². The third-order valence-corrected chi connectivity index (χ3v) is 2.58. The van der Waals surface area contributed by atoms with Gasteiger partial charge in [-0.15, -0.1) is 0 Å². The molecule has 0 aliphatic rings. The van der Waals surface area contributed by atoms with Gasteiger partial charge >= 0.3 is 0 Å². The van der Waals surface area contributed by atoms with E-state index >= 15 is 0 Å². The van der Waals surface area contributed by atoms with Crippen LogP contribution in [0.15, 0.2) is 29.3 Å². The highest BCUT2D eigenvalue weighted by atomic mass is 79.9. The molecular weight excluding hydrogens is 294 g/mol. The Labute approximate surface area is 117 Å². The molecule has 0 radical (unpaired) electrons. The molecule has 18 heavy (non-hydrogen) atoms. The smallest absolute Gasteiger partial charge is 0.166 e. The normalized spacial score (nSPS) is 10.5. The molecule has 4 heteroatoms. The Hall–Kier alpha value is -1.00. The number of benzene rings is 1. The summed E-state index contributed by atoms with van der Waals surface area (Å²) in [6.45, 7) is 9.16. The minimum atomic E-state index is 0.426. The molecule has 0 saturated carbocycles. The zero-order valence-electron chi connectivity index (χ0n) is 11.1. The fraction of sp³-hybridized carbons (Fsp3) is 0.429. The van der Waals surface area contributed by atoms with Crippen LogP contribution in [0.3, 0.4) is 0 Å². The van der Waals surface area contributed by atoms with E-state index in [1.165, 1.54) is 0 Å². The standard InChI is InChI=1S/C14H20BrNO2/c1-10(2)16-8-12-6-5-7-13(17-4)14(12)18-9-11(3)15/h5-7,10,16H,3,8-9H2,1-2,4H3. The van der Waals surface area contributed by atoms with Crippen LogP contribution in [0, 0.1) is 0 Å². The van der Waals surface area contributed by atoms with E-state index in [1.807, 2.05) is 18.2 Å². The summed E-state index contributed by atoms with van der Waals surface area (Å²) in [6, 6.07) is 6.32. The minimum Gasteiger partial charge on any atom is -0.493 e. The topological polar surface area (TPSA) is 30.5 Å². The average molecular weight is 314 g/mol. The summed E-state index contributed by atoms with van der Waals surface area (Å²) in [5.41, 5.74) is 1.08. The average Bonchev–Trinajstić information content (AvgIpc) is 2.33. The van der Waals surface area contributed by atoms with Gasteiger partial charge in [-0.05, 0) is 6.07 Å². The van der Waals surface area contributed by atoms with Gasteiger partial charge in [-0.1, -0.05) is 48.5 Å². The summed E-state index contributed by atoms with van der Waals surface area (Å²) >= 11 is 3.29. The van der Waals surface area contributed by atoms with E-state index in [0.29, 0.717) is 12.6 Å². The molecule has 0 spiro atoms. The molecule has 0 aromatic heterocycles. The lowest BCUT2D eigenvalue weighted by Gasteiger charge is -2.16. The van der Waals surface area contributed by atoms with Crippen LogP contribution in [0.4, 0.5) is 0 Å². The number of rotatable bonds is 7. The maximum absolute atomic E-state index is 5.74. The molecule has 1 aromatic rings. The molecule has 0 atom stereocenters. The van der Waals surface area contributed by atoms with Gasteiger partial charge in [0, 0.05) is 22.6 Å². The second-order valence-corrected chi connectivity index (χ2v) is 5.41. The number of methoxy groups -OCH3 is 1. The van der Waals surface area contributed by atoms with E-state index < -0.39 is 0 Å². The van der Waals surface area contributed by atoms with Crippen LogP contribution in [0.2, 0.25) is 0 Å². The highest BCUT2D eigenvalue weighted by Gasteiger charge is 2.11. The second kappa shape index (κ2) is 7.44. The SMILES string of the molecule is C=C(Br)COc1c(CNC(C)C)cccc1OC. The van der Waals surface area contributed by atoms with E-state index in [1.54, 1.807) is 7.11 Å². The van der Waals surface area contributed by atoms with Crippen molar-refractivity contribution >= 4 is 15.9 Å². The zero-order chi connectivity index (χ0) is 13.5. The van der Waals surface area contributed by atoms with Crippen molar-refractivity contribution in [3.63, 3.8) is 0 Å². The first kappa shape index (κ1) is 15.1. The van der Waals surface area contributed by atoms with E-state index in [4.69, 9.17) is 9.47 Å². The molecule has 0 saturated heterocycles. The molecule has 1 N–H and O–H groups in total. The Balaban J connectivity index is 2.89. The van der Waals surface area contributed by atoms with Crippen LogP contribution >= 0.6 is 15.9 Å². The second-order valence-electron chi connectivity index (χ2n) is 4.29. The lowest BCUT2D eigenvalue weighted by molar-refractivity contribution is 0.320. The molecule has 0 bridgehead atoms. The molecule has 3 nitrogen and oxygen atoms in total. The van der Waals surface area contributed by atoms with E-state index in [9.17, 15) is 0 Å². The van der Waals surface area contributed by atoms with Crippen molar-refractivity contribution in [1.29, 1.82) is 0 Å². The Morgan fingerprint density at radius 3 is 2.72 bits per heavy atom. The van der Waals surface area contributed by atoms with Crippen molar-refractivity contribution in [2.75, 3.05) is 13.7 Å². The van der Waals surface area contributed by atoms with Crippen LogP contribution in [0.25, 0.3) is 0 Å². The van der Waals surface area contributed by atoms with Gasteiger partial charge in [0.05, 0.1) is 7.11 Å². The van der Waals surface area contributed by atoms with E-state index in [0.717, 1.165) is 28.1 Å². The van der Waals surface area contributed by atoms with Gasteiger partial charge in [0.25, 0.3) is 0 Å². The first-order chi connectivity index (χ1) is 8.54. The largest absolute Gasteiger partial charge is 0.493 e. The maximum Gasteiger partial charge on any atom is 0.166 e. The highest BCUT2D eigenvalue weighted by molar-refractivity contribution is 9.11. The Kier molecular flexibility index (Phi) is 6.22. The Bertz CT molecular complexity index is 405. The van der Waals surface area contributed by atoms with Gasteiger partial charge in [0.2, 0.25) is 0 Å². The number of halogens is 1. The fourth-order valence-corrected chi connectivity index (χ4v) is 1.60. The minimum absolute atomic E-state index is 0.426. The van der Waals surface area contributed by atoms with Crippen LogP contribution in [0.1, 0.15) is 19.4 Å². The van der Waals surface area contributed by atoms with Gasteiger partial charge in [0.15, 0.2) is 11.5 Å². The molecule has 0 heterocycles. The van der Waals surface area contributed by atoms with Crippen molar-refractivity contribution < 1.29 is 9.47 Å². The summed E-state index contributed by atoms with van der Waals surface area (Å²) in [5, 5.41) is 3.37. The van der Waals surface area contributed by atoms with Gasteiger partial charge < -0.3 is 14.8 Å². The lowest BCUT2D eigenvalue weighted by atomic mass is 10.1. The monoisotopic (exact) mass is 313 g/mol. The summed E-state index contributed by atoms with van der Waals surface area (Å²) in [7, 11) is 1.64. The first-order valence-corrected chi connectivity index (χ1v) is 6.69. The molecule has 100 valence electrons. The van der Waals surface area contributed by atoms with Crippen molar-refractivity contribution in [2.45, 2.75) is 26.4 Å². The van der Waals surface area contributed by atoms with E-state index in [-0.39, 0.29) is 0 Å². The fourth-order valence-electron chi connectivity index (χ4n) is 1.49. The highest BCUT2D eigenvalue weighted by Crippen LogP contribution is 2.31. The molecule has 1 rings (SSSR count). The maximum atomic E-state index is 5.74. The number of hydrogen-bond acceptors (Lipinski definition) is 3. The third-order valence-electron chi connectivity index (χ3n) is 2.35. The van der Waals surface area contributed by atoms with E-state index in [2.05, 4.69) is 41.7 Å². The molecular formula is C14H20BrNO2. The summed E-state index contributed by atoms with van der Waals surface area (Å²) in [4.78, 5) is 0. The predicted molar refractivity (Wildman–Crippen MR) is 78.5 cm³/mol. The van der Waals surface area contributed by atoms with Gasteiger partial charge in [-0.25, -0.2) is 0 Å². The predicted octanol–water partition coefficient (Wildman–Crippen LogP) is 3.48. The molecule has 0 aliphatic heterocycles. The van der Waals surface area contributed by atoms with Crippen LogP contribution in [-0.4, -0.2) is 19.8 Å². The molecule has 1 aromatic carbocycles. The summed E-state index contributed by atoms with van der Waals surface area (Å²) in [5.74, 6) is 1.51. The third kappa shape index (κ3) is 4.70. The van der Waals surface area contributed by atoms with Crippen molar-refractivity contribution in [1.82, 2.24) is 5.32 Å². The summed E-state index contributed by atoms with van der Waals surface area (Å²) in [6.07, 6.45) is 0. The number of para-hydroxylation sites is 1. The zero-order valence-corrected chi connectivity index (χ0v) is 12.7. The van der Waals surface area contributed by atoms with Crippen LogP contribution < -0.4 is 14.8 Å². The van der Waals surface area contributed by atoms with Crippen LogP contribution in [-0.2, 0) is 6.54 Å². The summed E-state index contributed by atoms with van der Waals surface area (Å²) < 4.78 is 11.9. The Morgan fingerprint density at radius 2 is 2.17 bits per heavy atom. The van der Waals surface area contributed by atoms with Crippen molar-refractivity contribution in [2.24, 2.45) is 0 Å². The van der Waals surface area contributed by atoms with Gasteiger partial charge in [0.1, 0.15) is 6.61 Å². The number of nitrogens with one attached hydrogen (secondary N) is 1. The molecule has 0 amide bonds. The number of ether oxygens (including phenoxy) is 2. The van der Waals surface area contributed by atoms with Crippen LogP contribution in [0.5, 0.6) is 11.5 Å².